The van der Waals surface area contributed by atoms with Crippen molar-refractivity contribution in [2.45, 2.75) is 85.0 Å². The number of ketones is 1. The zero-order valence-corrected chi connectivity index (χ0v) is 24.7. The van der Waals surface area contributed by atoms with E-state index in [4.69, 9.17) is 14.2 Å². The molecule has 2 saturated carbocycles. The molecule has 220 valence electrons. The van der Waals surface area contributed by atoms with Gasteiger partial charge in [-0.25, -0.2) is 4.79 Å². The van der Waals surface area contributed by atoms with Crippen LogP contribution in [0.4, 0.5) is 0 Å². The fourth-order valence-corrected chi connectivity index (χ4v) is 7.56. The summed E-state index contributed by atoms with van der Waals surface area (Å²) in [5.41, 5.74) is -4.18. The molecule has 0 aromatic heterocycles. The molecule has 4 aliphatic carbocycles. The van der Waals surface area contributed by atoms with E-state index >= 15 is 0 Å². The van der Waals surface area contributed by atoms with E-state index in [2.05, 4.69) is 0 Å². The van der Waals surface area contributed by atoms with E-state index in [1.807, 2.05) is 13.8 Å². The van der Waals surface area contributed by atoms with Gasteiger partial charge in [0.25, 0.3) is 0 Å². The van der Waals surface area contributed by atoms with Gasteiger partial charge in [-0.1, -0.05) is 45.9 Å². The van der Waals surface area contributed by atoms with Crippen molar-refractivity contribution in [2.75, 3.05) is 13.2 Å². The van der Waals surface area contributed by atoms with Gasteiger partial charge in [-0.15, -0.1) is 0 Å². The third kappa shape index (κ3) is 4.28. The average molecular weight is 559 g/mol. The van der Waals surface area contributed by atoms with Crippen LogP contribution in [-0.4, -0.2) is 63.9 Å². The van der Waals surface area contributed by atoms with Gasteiger partial charge in [-0.05, 0) is 44.3 Å². The molecule has 0 aromatic rings. The van der Waals surface area contributed by atoms with E-state index in [0.29, 0.717) is 16.7 Å². The Morgan fingerprint density at radius 2 is 1.80 bits per heavy atom. The minimum absolute atomic E-state index is 0.0357. The first-order chi connectivity index (χ1) is 18.5. The molecule has 0 amide bonds. The molecule has 0 heterocycles. The van der Waals surface area contributed by atoms with Crippen LogP contribution in [0.25, 0.3) is 0 Å². The van der Waals surface area contributed by atoms with Crippen molar-refractivity contribution in [2.24, 2.45) is 35.0 Å². The van der Waals surface area contributed by atoms with Gasteiger partial charge in [0.05, 0.1) is 11.5 Å². The molecule has 0 aromatic carbocycles. The molecule has 0 spiro atoms. The third-order valence-electron chi connectivity index (χ3n) is 9.93. The van der Waals surface area contributed by atoms with Gasteiger partial charge in [0.1, 0.15) is 24.4 Å². The molecule has 40 heavy (non-hydrogen) atoms. The van der Waals surface area contributed by atoms with E-state index in [1.54, 1.807) is 52.8 Å². The molecule has 0 radical (unpaired) electrons. The lowest BCUT2D eigenvalue weighted by Gasteiger charge is -2.50. The highest BCUT2D eigenvalue weighted by Gasteiger charge is 2.85. The Kier molecular flexibility index (Phi) is 7.50. The van der Waals surface area contributed by atoms with Gasteiger partial charge in [0.15, 0.2) is 5.78 Å². The number of esters is 3. The molecule has 0 saturated heterocycles. The SMILES string of the molecule is CC=C(C)C(=O)OC12CC(C)C3(O)C(C=C(COC(C)=O)CC4(O)C(=O)C(C)=CC43)C1C2(C)COC(=O)C(C)C. The maximum atomic E-state index is 13.3. The monoisotopic (exact) mass is 558 g/mol. The van der Waals surface area contributed by atoms with Gasteiger partial charge in [-0.3, -0.25) is 14.4 Å². The summed E-state index contributed by atoms with van der Waals surface area (Å²) < 4.78 is 17.3. The van der Waals surface area contributed by atoms with Crippen molar-refractivity contribution >= 4 is 23.7 Å². The Hall–Kier alpha value is -2.78. The van der Waals surface area contributed by atoms with Crippen molar-refractivity contribution in [3.8, 4) is 0 Å². The molecule has 4 aliphatic rings. The highest BCUT2D eigenvalue weighted by molar-refractivity contribution is 6.04. The zero-order valence-electron chi connectivity index (χ0n) is 24.7. The maximum Gasteiger partial charge on any atom is 0.333 e. The highest BCUT2D eigenvalue weighted by Crippen LogP contribution is 2.77. The Morgan fingerprint density at radius 3 is 2.38 bits per heavy atom. The quantitative estimate of drug-likeness (QED) is 0.209. The molecule has 0 bridgehead atoms. The van der Waals surface area contributed by atoms with E-state index in [-0.39, 0.29) is 37.9 Å². The van der Waals surface area contributed by atoms with Crippen LogP contribution >= 0.6 is 0 Å². The average Bonchev–Trinajstić information content (AvgIpc) is 3.33. The molecule has 4 rings (SSSR count). The van der Waals surface area contributed by atoms with Crippen LogP contribution in [0.5, 0.6) is 0 Å². The number of Topliss-reactive ketones (excluding diaryl/α,β-unsaturated/α-hetero) is 1. The van der Waals surface area contributed by atoms with Crippen LogP contribution < -0.4 is 0 Å². The predicted octanol–water partition coefficient (Wildman–Crippen LogP) is 3.23. The maximum absolute atomic E-state index is 13.3. The standard InChI is InChI=1S/C31H42O9/c1-9-17(4)27(35)40-30-12-19(6)31(37)22(24(30)28(30,8)15-39-26(34)16(2)3)11-21(14-38-20(7)32)13-29(36)23(31)10-18(5)25(29)33/h9-11,16,19,22-24,36-37H,12-15H2,1-8H3. The number of aliphatic hydroxyl groups is 2. The number of carbonyl (C=O) groups excluding carboxylic acids is 4. The first kappa shape index (κ1) is 30.2. The van der Waals surface area contributed by atoms with Crippen molar-refractivity contribution in [3.63, 3.8) is 0 Å². The van der Waals surface area contributed by atoms with Gasteiger partial charge in [0.2, 0.25) is 0 Å². The number of fused-ring (bicyclic) bond motifs is 5. The fourth-order valence-electron chi connectivity index (χ4n) is 7.56. The Bertz CT molecular complexity index is 1230. The Labute approximate surface area is 235 Å². The second kappa shape index (κ2) is 9.94. The van der Waals surface area contributed by atoms with Crippen LogP contribution in [0.2, 0.25) is 0 Å². The molecule has 2 fully saturated rings. The van der Waals surface area contributed by atoms with Crippen molar-refractivity contribution in [1.29, 1.82) is 0 Å². The Balaban J connectivity index is 1.87. The predicted molar refractivity (Wildman–Crippen MR) is 144 cm³/mol. The van der Waals surface area contributed by atoms with E-state index < -0.39 is 63.6 Å². The van der Waals surface area contributed by atoms with E-state index in [0.717, 1.165) is 0 Å². The normalized spacial score (nSPS) is 40.2. The summed E-state index contributed by atoms with van der Waals surface area (Å²) in [6, 6.07) is 0. The molecule has 8 atom stereocenters. The third-order valence-corrected chi connectivity index (χ3v) is 9.93. The number of hydrogen-bond donors (Lipinski definition) is 2. The first-order valence-corrected chi connectivity index (χ1v) is 14.0. The first-order valence-electron chi connectivity index (χ1n) is 14.0. The molecular weight excluding hydrogens is 516 g/mol. The Morgan fingerprint density at radius 1 is 1.15 bits per heavy atom. The summed E-state index contributed by atoms with van der Waals surface area (Å²) in [4.78, 5) is 50.7. The highest BCUT2D eigenvalue weighted by atomic mass is 16.6. The van der Waals surface area contributed by atoms with E-state index in [9.17, 15) is 29.4 Å². The van der Waals surface area contributed by atoms with Gasteiger partial charge < -0.3 is 24.4 Å². The van der Waals surface area contributed by atoms with Crippen molar-refractivity contribution < 1.29 is 43.6 Å². The smallest absolute Gasteiger partial charge is 0.333 e. The lowest BCUT2D eigenvalue weighted by molar-refractivity contribution is -0.185. The van der Waals surface area contributed by atoms with Gasteiger partial charge in [-0.2, -0.15) is 0 Å². The number of allylic oxidation sites excluding steroid dienone is 1. The number of ether oxygens (including phenoxy) is 3. The van der Waals surface area contributed by atoms with Crippen LogP contribution in [0.3, 0.4) is 0 Å². The van der Waals surface area contributed by atoms with Crippen LogP contribution in [0, 0.1) is 35.0 Å². The lowest BCUT2D eigenvalue weighted by Crippen LogP contribution is -2.61. The summed E-state index contributed by atoms with van der Waals surface area (Å²) >= 11 is 0. The second-order valence-electron chi connectivity index (χ2n) is 12.8. The lowest BCUT2D eigenvalue weighted by atomic mass is 9.60. The van der Waals surface area contributed by atoms with Crippen LogP contribution in [0.1, 0.15) is 68.2 Å². The topological polar surface area (TPSA) is 136 Å². The summed E-state index contributed by atoms with van der Waals surface area (Å²) in [5.74, 6) is -4.92. The molecular formula is C31H42O9. The molecule has 9 heteroatoms. The fraction of sp³-hybridized carbons (Fsp3) is 0.677. The van der Waals surface area contributed by atoms with Gasteiger partial charge >= 0.3 is 17.9 Å². The summed E-state index contributed by atoms with van der Waals surface area (Å²) in [6.07, 6.45) is 5.23. The largest absolute Gasteiger partial charge is 0.465 e. The van der Waals surface area contributed by atoms with Crippen LogP contribution in [0.15, 0.2) is 34.9 Å². The number of hydrogen-bond acceptors (Lipinski definition) is 9. The summed E-state index contributed by atoms with van der Waals surface area (Å²) in [6.45, 7) is 13.3. The minimum atomic E-state index is -1.92. The molecule has 2 N–H and O–H groups in total. The van der Waals surface area contributed by atoms with Crippen molar-refractivity contribution in [3.05, 3.63) is 34.9 Å². The van der Waals surface area contributed by atoms with Gasteiger partial charge in [0, 0.05) is 42.1 Å². The summed E-state index contributed by atoms with van der Waals surface area (Å²) in [5, 5.41) is 24.5. The van der Waals surface area contributed by atoms with Crippen LogP contribution in [-0.2, 0) is 33.4 Å². The second-order valence-corrected chi connectivity index (χ2v) is 12.8. The molecule has 8 unspecified atom stereocenters. The van der Waals surface area contributed by atoms with E-state index in [1.165, 1.54) is 6.92 Å². The zero-order chi connectivity index (χ0) is 30.0. The minimum Gasteiger partial charge on any atom is -0.465 e. The number of rotatable bonds is 7. The summed E-state index contributed by atoms with van der Waals surface area (Å²) in [7, 11) is 0. The van der Waals surface area contributed by atoms with Crippen molar-refractivity contribution in [1.82, 2.24) is 0 Å². The molecule has 0 aliphatic heterocycles. The molecule has 9 nitrogen and oxygen atoms in total. The number of carbonyl (C=O) groups is 4.